The number of rotatable bonds is 2. The number of nitrogens with zero attached hydrogens (tertiary/aromatic N) is 1. The topological polar surface area (TPSA) is 53.1 Å². The zero-order valence-electron chi connectivity index (χ0n) is 11.5. The van der Waals surface area contributed by atoms with Gasteiger partial charge in [0.2, 0.25) is 0 Å². The van der Waals surface area contributed by atoms with Crippen molar-refractivity contribution < 1.29 is 13.2 Å². The first kappa shape index (κ1) is 14.7. The van der Waals surface area contributed by atoms with E-state index in [0.717, 1.165) is 25.5 Å². The molecule has 3 N–H and O–H groups in total. The molecule has 2 rings (SSSR count). The number of amidine groups is 1. The molecule has 1 heterocycles. The maximum absolute atomic E-state index is 12.9. The van der Waals surface area contributed by atoms with Crippen LogP contribution in [0.25, 0.3) is 0 Å². The lowest BCUT2D eigenvalue weighted by Gasteiger charge is -2.34. The number of alkyl halides is 3. The second-order valence-corrected chi connectivity index (χ2v) is 5.71. The summed E-state index contributed by atoms with van der Waals surface area (Å²) in [6.45, 7) is 4.92. The van der Waals surface area contributed by atoms with E-state index >= 15 is 0 Å². The van der Waals surface area contributed by atoms with Gasteiger partial charge in [-0.1, -0.05) is 0 Å². The van der Waals surface area contributed by atoms with Gasteiger partial charge in [0, 0.05) is 23.3 Å². The molecule has 1 fully saturated rings. The predicted octanol–water partition coefficient (Wildman–Crippen LogP) is 3.37. The highest BCUT2D eigenvalue weighted by Crippen LogP contribution is 2.37. The van der Waals surface area contributed by atoms with Crippen molar-refractivity contribution in [3.8, 4) is 0 Å². The lowest BCUT2D eigenvalue weighted by molar-refractivity contribution is -0.137. The van der Waals surface area contributed by atoms with Crippen LogP contribution in [0.2, 0.25) is 0 Å². The summed E-state index contributed by atoms with van der Waals surface area (Å²) >= 11 is 0. The Morgan fingerprint density at radius 2 is 2.00 bits per heavy atom. The normalized spacial score (nSPS) is 18.4. The van der Waals surface area contributed by atoms with Crippen molar-refractivity contribution >= 4 is 11.5 Å². The highest BCUT2D eigenvalue weighted by atomic mass is 19.4. The molecule has 0 atom stereocenters. The Bertz CT molecular complexity index is 535. The summed E-state index contributed by atoms with van der Waals surface area (Å²) in [4.78, 5) is 2.07. The Kier molecular flexibility index (Phi) is 3.44. The Morgan fingerprint density at radius 1 is 1.35 bits per heavy atom. The summed E-state index contributed by atoms with van der Waals surface area (Å²) in [5.41, 5.74) is 4.80. The van der Waals surface area contributed by atoms with Crippen LogP contribution in [0.1, 0.15) is 37.8 Å². The molecular formula is C14H18F3N3. The molecule has 0 saturated carbocycles. The number of hydrogen-bond donors (Lipinski definition) is 2. The largest absolute Gasteiger partial charge is 0.417 e. The number of hydrogen-bond acceptors (Lipinski definition) is 2. The van der Waals surface area contributed by atoms with Gasteiger partial charge < -0.3 is 10.6 Å². The summed E-state index contributed by atoms with van der Waals surface area (Å²) in [6.07, 6.45) is -2.51. The van der Waals surface area contributed by atoms with E-state index in [1.807, 2.05) is 0 Å². The Morgan fingerprint density at radius 3 is 2.45 bits per heavy atom. The fourth-order valence-electron chi connectivity index (χ4n) is 2.76. The maximum Gasteiger partial charge on any atom is 0.417 e. The van der Waals surface area contributed by atoms with E-state index in [1.54, 1.807) is 0 Å². The van der Waals surface area contributed by atoms with Gasteiger partial charge in [-0.3, -0.25) is 5.41 Å². The Balaban J connectivity index is 2.49. The fourth-order valence-corrected chi connectivity index (χ4v) is 2.76. The van der Waals surface area contributed by atoms with Crippen molar-refractivity contribution in [3.05, 3.63) is 29.3 Å². The first-order valence-corrected chi connectivity index (χ1v) is 6.46. The molecule has 110 valence electrons. The van der Waals surface area contributed by atoms with Crippen LogP contribution < -0.4 is 10.6 Å². The lowest BCUT2D eigenvalue weighted by Crippen LogP contribution is -2.38. The molecule has 1 aromatic carbocycles. The van der Waals surface area contributed by atoms with Crippen molar-refractivity contribution in [1.29, 1.82) is 5.41 Å². The van der Waals surface area contributed by atoms with Crippen molar-refractivity contribution in [2.24, 2.45) is 5.73 Å². The number of nitrogens with two attached hydrogens (primary N) is 1. The zero-order valence-corrected chi connectivity index (χ0v) is 11.5. The van der Waals surface area contributed by atoms with Crippen LogP contribution in [0.5, 0.6) is 0 Å². The molecule has 0 unspecified atom stereocenters. The van der Waals surface area contributed by atoms with Crippen LogP contribution in [0.3, 0.4) is 0 Å². The van der Waals surface area contributed by atoms with E-state index in [2.05, 4.69) is 18.7 Å². The SMILES string of the molecule is CC1(C)CCCN1c1ccc(C(F)(F)F)c(C(=N)N)c1. The van der Waals surface area contributed by atoms with Crippen LogP contribution in [0.15, 0.2) is 18.2 Å². The average Bonchev–Trinajstić information content (AvgIpc) is 2.67. The third-order valence-electron chi connectivity index (χ3n) is 3.81. The van der Waals surface area contributed by atoms with Gasteiger partial charge in [0.1, 0.15) is 5.84 Å². The Labute approximate surface area is 116 Å². The minimum absolute atomic E-state index is 0.0895. The van der Waals surface area contributed by atoms with Gasteiger partial charge in [-0.15, -0.1) is 0 Å². The van der Waals surface area contributed by atoms with Gasteiger partial charge in [0.25, 0.3) is 0 Å². The quantitative estimate of drug-likeness (QED) is 0.646. The van der Waals surface area contributed by atoms with E-state index in [0.29, 0.717) is 5.69 Å². The molecule has 6 heteroatoms. The molecule has 20 heavy (non-hydrogen) atoms. The number of halogens is 3. The smallest absolute Gasteiger partial charge is 0.384 e. The number of anilines is 1. The lowest BCUT2D eigenvalue weighted by atomic mass is 10.00. The number of nitrogens with one attached hydrogen (secondary N) is 1. The van der Waals surface area contributed by atoms with Crippen LogP contribution in [0.4, 0.5) is 18.9 Å². The van der Waals surface area contributed by atoms with Gasteiger partial charge in [-0.25, -0.2) is 0 Å². The second kappa shape index (κ2) is 4.68. The van der Waals surface area contributed by atoms with Gasteiger partial charge >= 0.3 is 6.18 Å². The average molecular weight is 285 g/mol. The summed E-state index contributed by atoms with van der Waals surface area (Å²) in [5.74, 6) is -0.559. The minimum Gasteiger partial charge on any atom is -0.384 e. The third kappa shape index (κ3) is 2.59. The van der Waals surface area contributed by atoms with E-state index in [4.69, 9.17) is 11.1 Å². The molecular weight excluding hydrogens is 267 g/mol. The molecule has 0 spiro atoms. The van der Waals surface area contributed by atoms with Crippen LogP contribution in [-0.4, -0.2) is 17.9 Å². The van der Waals surface area contributed by atoms with Crippen molar-refractivity contribution in [2.45, 2.75) is 38.4 Å². The summed E-state index contributed by atoms with van der Waals surface area (Å²) in [5, 5.41) is 7.38. The Hall–Kier alpha value is -1.72. The van der Waals surface area contributed by atoms with Crippen molar-refractivity contribution in [3.63, 3.8) is 0 Å². The summed E-state index contributed by atoms with van der Waals surface area (Å²) in [7, 11) is 0. The molecule has 1 aromatic rings. The maximum atomic E-state index is 12.9. The van der Waals surface area contributed by atoms with Gasteiger partial charge in [-0.05, 0) is 44.9 Å². The van der Waals surface area contributed by atoms with Gasteiger partial charge in [-0.2, -0.15) is 13.2 Å². The molecule has 0 aromatic heterocycles. The monoisotopic (exact) mass is 285 g/mol. The van der Waals surface area contributed by atoms with Crippen molar-refractivity contribution in [2.75, 3.05) is 11.4 Å². The molecule has 1 aliphatic rings. The van der Waals surface area contributed by atoms with Crippen LogP contribution in [-0.2, 0) is 6.18 Å². The fraction of sp³-hybridized carbons (Fsp3) is 0.500. The molecule has 0 amide bonds. The number of benzene rings is 1. The van der Waals surface area contributed by atoms with Gasteiger partial charge in [0.15, 0.2) is 0 Å². The van der Waals surface area contributed by atoms with E-state index < -0.39 is 17.6 Å². The molecule has 3 nitrogen and oxygen atoms in total. The van der Waals surface area contributed by atoms with Crippen LogP contribution >= 0.6 is 0 Å². The summed E-state index contributed by atoms with van der Waals surface area (Å²) in [6, 6.07) is 3.85. The van der Waals surface area contributed by atoms with Crippen LogP contribution in [0, 0.1) is 5.41 Å². The van der Waals surface area contributed by atoms with Gasteiger partial charge in [0.05, 0.1) is 5.56 Å². The summed E-state index contributed by atoms with van der Waals surface area (Å²) < 4.78 is 38.7. The molecule has 0 aliphatic carbocycles. The molecule has 0 bridgehead atoms. The molecule has 0 radical (unpaired) electrons. The highest BCUT2D eigenvalue weighted by Gasteiger charge is 2.36. The second-order valence-electron chi connectivity index (χ2n) is 5.71. The van der Waals surface area contributed by atoms with E-state index in [1.165, 1.54) is 12.1 Å². The highest BCUT2D eigenvalue weighted by molar-refractivity contribution is 5.97. The first-order chi connectivity index (χ1) is 9.13. The standard InChI is InChI=1S/C14H18F3N3/c1-13(2)6-3-7-20(13)9-4-5-11(14(15,16)17)10(8-9)12(18)19/h4-5,8H,3,6-7H2,1-2H3,(H3,18,19). The molecule has 1 aliphatic heterocycles. The van der Waals surface area contributed by atoms with E-state index in [9.17, 15) is 13.2 Å². The first-order valence-electron chi connectivity index (χ1n) is 6.46. The predicted molar refractivity (Wildman–Crippen MR) is 73.1 cm³/mol. The third-order valence-corrected chi connectivity index (χ3v) is 3.81. The van der Waals surface area contributed by atoms with Crippen molar-refractivity contribution in [1.82, 2.24) is 0 Å². The number of nitrogen functional groups attached to an aromatic ring is 1. The van der Waals surface area contributed by atoms with E-state index in [-0.39, 0.29) is 11.1 Å². The minimum atomic E-state index is -4.50. The zero-order chi connectivity index (χ0) is 15.1. The molecule has 1 saturated heterocycles.